The Hall–Kier alpha value is -3.65. The summed E-state index contributed by atoms with van der Waals surface area (Å²) in [5, 5.41) is 13.5. The van der Waals surface area contributed by atoms with E-state index >= 15 is 0 Å². The molecule has 1 aliphatic rings. The van der Waals surface area contributed by atoms with Gasteiger partial charge in [-0.25, -0.2) is 32.3 Å². The van der Waals surface area contributed by atoms with Crippen molar-refractivity contribution in [3.63, 3.8) is 0 Å². The molecular weight excluding hydrogens is 534 g/mol. The third-order valence-electron chi connectivity index (χ3n) is 6.86. The van der Waals surface area contributed by atoms with Gasteiger partial charge in [0, 0.05) is 67.8 Å². The molecule has 1 aliphatic heterocycles. The number of hydrogen-bond acceptors (Lipinski definition) is 11. The summed E-state index contributed by atoms with van der Waals surface area (Å²) in [6.45, 7) is 1.90. The predicted octanol–water partition coefficient (Wildman–Crippen LogP) is 1.94. The van der Waals surface area contributed by atoms with E-state index < -0.39 is 16.1 Å². The van der Waals surface area contributed by atoms with Crippen molar-refractivity contribution in [3.05, 3.63) is 49.1 Å². The van der Waals surface area contributed by atoms with Crippen LogP contribution in [0.4, 0.5) is 5.82 Å². The first-order valence-electron chi connectivity index (χ1n) is 13.0. The van der Waals surface area contributed by atoms with E-state index in [1.807, 2.05) is 37.4 Å². The monoisotopic (exact) mass is 567 g/mol. The number of fused-ring (bicyclic) bond motifs is 1. The van der Waals surface area contributed by atoms with E-state index in [2.05, 4.69) is 20.2 Å². The van der Waals surface area contributed by atoms with Gasteiger partial charge in [0.1, 0.15) is 30.6 Å². The van der Waals surface area contributed by atoms with Gasteiger partial charge in [-0.15, -0.1) is 0 Å². The lowest BCUT2D eigenvalue weighted by Gasteiger charge is -2.32. The van der Waals surface area contributed by atoms with E-state index in [1.54, 1.807) is 13.2 Å². The van der Waals surface area contributed by atoms with Gasteiger partial charge in [0.05, 0.1) is 11.9 Å². The molecule has 1 atom stereocenters. The largest absolute Gasteiger partial charge is 0.491 e. The zero-order valence-corrected chi connectivity index (χ0v) is 23.5. The standard InChI is InChI=1S/C27H33N7O5S/c1-28-13-20(35)16-39-21-6-4-5-18(11-21)26-31-24(12-25(32-26)33(2)19-7-9-38-10-8-19)23-15-34(40(3,36)37)27-22(23)14-29-17-30-27/h4-6,11-12,14-15,17,19-20,28,35H,7-10,13,16H2,1-3H3/t20-/m1/s1. The fraction of sp³-hybridized carbons (Fsp3) is 0.407. The number of ether oxygens (including phenoxy) is 2. The molecule has 4 aromatic rings. The third-order valence-corrected chi connectivity index (χ3v) is 7.85. The second-order valence-electron chi connectivity index (χ2n) is 9.80. The fourth-order valence-electron chi connectivity index (χ4n) is 4.75. The van der Waals surface area contributed by atoms with Crippen LogP contribution in [0.15, 0.2) is 49.1 Å². The van der Waals surface area contributed by atoms with Crippen molar-refractivity contribution in [2.45, 2.75) is 25.0 Å². The number of nitrogens with zero attached hydrogens (tertiary/aromatic N) is 6. The molecule has 0 aliphatic carbocycles. The Balaban J connectivity index is 1.61. The highest BCUT2D eigenvalue weighted by molar-refractivity contribution is 7.89. The van der Waals surface area contributed by atoms with Gasteiger partial charge in [-0.1, -0.05) is 12.1 Å². The number of aromatic nitrogens is 5. The molecule has 0 spiro atoms. The summed E-state index contributed by atoms with van der Waals surface area (Å²) in [4.78, 5) is 20.3. The van der Waals surface area contributed by atoms with Crippen molar-refractivity contribution in [2.24, 2.45) is 0 Å². The molecule has 1 fully saturated rings. The number of likely N-dealkylation sites (N-methyl/N-ethyl adjacent to an activating group) is 1. The van der Waals surface area contributed by atoms with Crippen LogP contribution in [0.5, 0.6) is 5.75 Å². The summed E-state index contributed by atoms with van der Waals surface area (Å²) >= 11 is 0. The molecular formula is C27H33N7O5S. The number of aliphatic hydroxyl groups excluding tert-OH is 1. The van der Waals surface area contributed by atoms with E-state index in [-0.39, 0.29) is 18.3 Å². The van der Waals surface area contributed by atoms with Gasteiger partial charge in [-0.3, -0.25) is 0 Å². The van der Waals surface area contributed by atoms with E-state index in [4.69, 9.17) is 19.4 Å². The lowest BCUT2D eigenvalue weighted by molar-refractivity contribution is 0.0853. The van der Waals surface area contributed by atoms with Gasteiger partial charge in [-0.2, -0.15) is 0 Å². The van der Waals surface area contributed by atoms with Crippen LogP contribution in [0.2, 0.25) is 0 Å². The Morgan fingerprint density at radius 3 is 2.80 bits per heavy atom. The van der Waals surface area contributed by atoms with Crippen LogP contribution >= 0.6 is 0 Å². The molecule has 1 saturated heterocycles. The van der Waals surface area contributed by atoms with Gasteiger partial charge < -0.3 is 24.8 Å². The van der Waals surface area contributed by atoms with Crippen LogP contribution in [0.3, 0.4) is 0 Å². The van der Waals surface area contributed by atoms with Crippen molar-refractivity contribution in [1.29, 1.82) is 0 Å². The Bertz CT molecular complexity index is 1590. The van der Waals surface area contributed by atoms with Gasteiger partial charge >= 0.3 is 0 Å². The minimum absolute atomic E-state index is 0.133. The van der Waals surface area contributed by atoms with Crippen LogP contribution < -0.4 is 15.0 Å². The van der Waals surface area contributed by atoms with Crippen LogP contribution in [0, 0.1) is 0 Å². The minimum atomic E-state index is -3.63. The summed E-state index contributed by atoms with van der Waals surface area (Å²) in [7, 11) is 0.135. The smallest absolute Gasteiger partial charge is 0.237 e. The number of aliphatic hydroxyl groups is 1. The molecule has 5 rings (SSSR count). The summed E-state index contributed by atoms with van der Waals surface area (Å²) in [5.74, 6) is 1.72. The van der Waals surface area contributed by atoms with Crippen LogP contribution in [-0.4, -0.2) is 96.3 Å². The quantitative estimate of drug-likeness (QED) is 0.290. The maximum Gasteiger partial charge on any atom is 0.237 e. The molecule has 2 N–H and O–H groups in total. The molecule has 3 aromatic heterocycles. The van der Waals surface area contributed by atoms with E-state index in [0.29, 0.717) is 59.4 Å². The first kappa shape index (κ1) is 27.9. The van der Waals surface area contributed by atoms with E-state index in [0.717, 1.165) is 23.1 Å². The average molecular weight is 568 g/mol. The zero-order chi connectivity index (χ0) is 28.3. The molecule has 12 nitrogen and oxygen atoms in total. The molecule has 0 radical (unpaired) electrons. The van der Waals surface area contributed by atoms with Crippen molar-refractivity contribution < 1.29 is 23.0 Å². The number of anilines is 1. The highest BCUT2D eigenvalue weighted by Gasteiger charge is 2.24. The Morgan fingerprint density at radius 1 is 1.25 bits per heavy atom. The zero-order valence-electron chi connectivity index (χ0n) is 22.7. The number of benzene rings is 1. The Kier molecular flexibility index (Phi) is 8.26. The third kappa shape index (κ3) is 6.07. The Labute approximate surface area is 233 Å². The first-order valence-corrected chi connectivity index (χ1v) is 14.9. The van der Waals surface area contributed by atoms with Gasteiger partial charge in [-0.05, 0) is 32.0 Å². The predicted molar refractivity (Wildman–Crippen MR) is 152 cm³/mol. The van der Waals surface area contributed by atoms with Crippen molar-refractivity contribution in [1.82, 2.24) is 29.2 Å². The van der Waals surface area contributed by atoms with Crippen LogP contribution in [0.1, 0.15) is 12.8 Å². The maximum absolute atomic E-state index is 12.6. The molecule has 0 amide bonds. The summed E-state index contributed by atoms with van der Waals surface area (Å²) < 4.78 is 37.6. The number of hydrogen-bond donors (Lipinski definition) is 2. The second-order valence-corrected chi connectivity index (χ2v) is 11.7. The van der Waals surface area contributed by atoms with Crippen molar-refractivity contribution >= 4 is 26.9 Å². The fourth-order valence-corrected chi connectivity index (χ4v) is 5.50. The number of rotatable bonds is 10. The lowest BCUT2D eigenvalue weighted by Crippen LogP contribution is -2.37. The molecule has 212 valence electrons. The van der Waals surface area contributed by atoms with Crippen LogP contribution in [-0.2, 0) is 14.8 Å². The maximum atomic E-state index is 12.6. The average Bonchev–Trinajstić information content (AvgIpc) is 3.37. The van der Waals surface area contributed by atoms with Gasteiger partial charge in [0.2, 0.25) is 10.0 Å². The Morgan fingerprint density at radius 2 is 2.05 bits per heavy atom. The highest BCUT2D eigenvalue weighted by Crippen LogP contribution is 2.33. The molecule has 13 heteroatoms. The van der Waals surface area contributed by atoms with Gasteiger partial charge in [0.15, 0.2) is 11.5 Å². The summed E-state index contributed by atoms with van der Waals surface area (Å²) in [6, 6.07) is 9.46. The van der Waals surface area contributed by atoms with Crippen molar-refractivity contribution in [3.8, 4) is 28.4 Å². The lowest BCUT2D eigenvalue weighted by atomic mass is 10.1. The minimum Gasteiger partial charge on any atom is -0.491 e. The number of nitrogens with one attached hydrogen (secondary N) is 1. The SMILES string of the molecule is CNC[C@@H](O)COc1cccc(-c2nc(-c3cn(S(C)(=O)=O)c4ncncc34)cc(N(C)C3CCOCC3)n2)c1. The van der Waals surface area contributed by atoms with E-state index in [1.165, 1.54) is 12.5 Å². The molecule has 1 aromatic carbocycles. The van der Waals surface area contributed by atoms with E-state index in [9.17, 15) is 13.5 Å². The molecule has 0 unspecified atom stereocenters. The normalized spacial score (nSPS) is 15.3. The highest BCUT2D eigenvalue weighted by atomic mass is 32.2. The van der Waals surface area contributed by atoms with Crippen molar-refractivity contribution in [2.75, 3.05) is 51.6 Å². The molecule has 0 bridgehead atoms. The van der Waals surface area contributed by atoms with Crippen LogP contribution in [0.25, 0.3) is 33.7 Å². The first-order chi connectivity index (χ1) is 19.2. The summed E-state index contributed by atoms with van der Waals surface area (Å²) in [6.07, 6.45) is 6.66. The molecule has 4 heterocycles. The summed E-state index contributed by atoms with van der Waals surface area (Å²) in [5.41, 5.74) is 2.11. The van der Waals surface area contributed by atoms with Gasteiger partial charge in [0.25, 0.3) is 0 Å². The second kappa shape index (κ2) is 11.8. The topological polar surface area (TPSA) is 145 Å². The molecule has 0 saturated carbocycles. The molecule has 40 heavy (non-hydrogen) atoms.